The number of nitrogens with one attached hydrogen (secondary N) is 2. The summed E-state index contributed by atoms with van der Waals surface area (Å²) in [6.07, 6.45) is 1.54. The van der Waals surface area contributed by atoms with Crippen molar-refractivity contribution in [3.05, 3.63) is 47.5 Å². The van der Waals surface area contributed by atoms with E-state index in [1.54, 1.807) is 11.0 Å². The van der Waals surface area contributed by atoms with E-state index in [-0.39, 0.29) is 30.0 Å². The van der Waals surface area contributed by atoms with Crippen LogP contribution < -0.4 is 10.6 Å². The predicted octanol–water partition coefficient (Wildman–Crippen LogP) is 2.56. The molecule has 2 rings (SSSR count). The average molecular weight is 428 g/mol. The number of guanidine groups is 1. The molecule has 0 aliphatic rings. The third kappa shape index (κ3) is 5.49. The van der Waals surface area contributed by atoms with Gasteiger partial charge < -0.3 is 10.6 Å². The van der Waals surface area contributed by atoms with Gasteiger partial charge in [0, 0.05) is 13.6 Å². The second-order valence-corrected chi connectivity index (χ2v) is 5.22. The third-order valence-electron chi connectivity index (χ3n) is 3.54. The molecule has 0 spiro atoms. The Hall–Kier alpha value is -1.64. The molecule has 1 heterocycles. The first-order valence-electron chi connectivity index (χ1n) is 7.55. The van der Waals surface area contributed by atoms with Gasteiger partial charge in [0.15, 0.2) is 5.96 Å². The van der Waals surface area contributed by atoms with Crippen molar-refractivity contribution in [2.75, 3.05) is 6.54 Å². The van der Waals surface area contributed by atoms with Crippen LogP contribution >= 0.6 is 24.0 Å². The second kappa shape index (κ2) is 9.49. The van der Waals surface area contributed by atoms with Crippen LogP contribution in [-0.2, 0) is 13.6 Å². The molecule has 2 N–H and O–H groups in total. The number of aliphatic imine (C=N–C) groups is 1. The van der Waals surface area contributed by atoms with E-state index < -0.39 is 0 Å². The SMILES string of the molecule is CCNC(=NCc1ncnn1C)NC(C)c1ccccc1C.I. The summed E-state index contributed by atoms with van der Waals surface area (Å²) in [7, 11) is 1.87. The molecule has 0 saturated heterocycles. The van der Waals surface area contributed by atoms with E-state index in [9.17, 15) is 0 Å². The molecule has 0 amide bonds. The molecule has 0 radical (unpaired) electrons. The Kier molecular flexibility index (Phi) is 8.01. The molecule has 1 aromatic carbocycles. The Morgan fingerprint density at radius 2 is 2.09 bits per heavy atom. The number of hydrogen-bond donors (Lipinski definition) is 2. The van der Waals surface area contributed by atoms with Gasteiger partial charge in [-0.1, -0.05) is 24.3 Å². The van der Waals surface area contributed by atoms with Gasteiger partial charge in [-0.15, -0.1) is 24.0 Å². The van der Waals surface area contributed by atoms with Gasteiger partial charge in [-0.25, -0.2) is 9.98 Å². The molecule has 0 aliphatic heterocycles. The summed E-state index contributed by atoms with van der Waals surface area (Å²) in [4.78, 5) is 8.77. The maximum absolute atomic E-state index is 4.58. The third-order valence-corrected chi connectivity index (χ3v) is 3.54. The summed E-state index contributed by atoms with van der Waals surface area (Å²) in [6, 6.07) is 8.55. The van der Waals surface area contributed by atoms with E-state index in [1.807, 2.05) is 7.05 Å². The molecular formula is C16H25IN6. The van der Waals surface area contributed by atoms with Crippen LogP contribution in [0.3, 0.4) is 0 Å². The maximum Gasteiger partial charge on any atom is 0.192 e. The number of benzene rings is 1. The second-order valence-electron chi connectivity index (χ2n) is 5.22. The first kappa shape index (κ1) is 19.4. The largest absolute Gasteiger partial charge is 0.357 e. The zero-order valence-corrected chi connectivity index (χ0v) is 16.4. The number of aryl methyl sites for hydroxylation is 2. The first-order valence-corrected chi connectivity index (χ1v) is 7.55. The quantitative estimate of drug-likeness (QED) is 0.437. The van der Waals surface area contributed by atoms with Crippen molar-refractivity contribution in [3.63, 3.8) is 0 Å². The predicted molar refractivity (Wildman–Crippen MR) is 104 cm³/mol. The van der Waals surface area contributed by atoms with E-state index in [4.69, 9.17) is 0 Å². The van der Waals surface area contributed by atoms with Crippen molar-refractivity contribution in [3.8, 4) is 0 Å². The Balaban J connectivity index is 0.00000264. The van der Waals surface area contributed by atoms with Crippen LogP contribution in [0, 0.1) is 6.92 Å². The number of rotatable bonds is 5. The minimum absolute atomic E-state index is 0. The lowest BCUT2D eigenvalue weighted by atomic mass is 10.0. The van der Waals surface area contributed by atoms with Crippen molar-refractivity contribution in [1.29, 1.82) is 0 Å². The van der Waals surface area contributed by atoms with Gasteiger partial charge >= 0.3 is 0 Å². The summed E-state index contributed by atoms with van der Waals surface area (Å²) >= 11 is 0. The highest BCUT2D eigenvalue weighted by atomic mass is 127. The Morgan fingerprint density at radius 3 is 2.70 bits per heavy atom. The normalized spacial score (nSPS) is 12.4. The van der Waals surface area contributed by atoms with Crippen molar-refractivity contribution in [2.24, 2.45) is 12.0 Å². The Labute approximate surface area is 154 Å². The van der Waals surface area contributed by atoms with Gasteiger partial charge in [-0.2, -0.15) is 5.10 Å². The summed E-state index contributed by atoms with van der Waals surface area (Å²) < 4.78 is 1.73. The fourth-order valence-electron chi connectivity index (χ4n) is 2.29. The molecule has 1 unspecified atom stereocenters. The van der Waals surface area contributed by atoms with Gasteiger partial charge in [-0.3, -0.25) is 4.68 Å². The van der Waals surface area contributed by atoms with E-state index in [0.717, 1.165) is 18.3 Å². The van der Waals surface area contributed by atoms with Crippen LogP contribution in [-0.4, -0.2) is 27.3 Å². The van der Waals surface area contributed by atoms with Crippen molar-refractivity contribution in [1.82, 2.24) is 25.4 Å². The van der Waals surface area contributed by atoms with E-state index >= 15 is 0 Å². The van der Waals surface area contributed by atoms with Crippen molar-refractivity contribution in [2.45, 2.75) is 33.4 Å². The Bertz CT molecular complexity index is 637. The van der Waals surface area contributed by atoms with Crippen LogP contribution in [0.5, 0.6) is 0 Å². The van der Waals surface area contributed by atoms with Crippen LogP contribution in [0.25, 0.3) is 0 Å². The Morgan fingerprint density at radius 1 is 1.35 bits per heavy atom. The van der Waals surface area contributed by atoms with Crippen molar-refractivity contribution >= 4 is 29.9 Å². The minimum atomic E-state index is 0. The molecule has 0 saturated carbocycles. The molecule has 23 heavy (non-hydrogen) atoms. The van der Waals surface area contributed by atoms with Gasteiger partial charge in [0.05, 0.1) is 6.04 Å². The molecule has 126 valence electrons. The lowest BCUT2D eigenvalue weighted by Crippen LogP contribution is -2.39. The number of nitrogens with zero attached hydrogens (tertiary/aromatic N) is 4. The minimum Gasteiger partial charge on any atom is -0.357 e. The van der Waals surface area contributed by atoms with Gasteiger partial charge in [0.25, 0.3) is 0 Å². The topological polar surface area (TPSA) is 67.1 Å². The van der Waals surface area contributed by atoms with Gasteiger partial charge in [0.2, 0.25) is 0 Å². The van der Waals surface area contributed by atoms with Gasteiger partial charge in [-0.05, 0) is 31.9 Å². The molecule has 0 fully saturated rings. The molecule has 0 aliphatic carbocycles. The van der Waals surface area contributed by atoms with E-state index in [0.29, 0.717) is 6.54 Å². The maximum atomic E-state index is 4.58. The highest BCUT2D eigenvalue weighted by molar-refractivity contribution is 14.0. The fourth-order valence-corrected chi connectivity index (χ4v) is 2.29. The van der Waals surface area contributed by atoms with Crippen LogP contribution in [0.15, 0.2) is 35.6 Å². The first-order chi connectivity index (χ1) is 10.6. The average Bonchev–Trinajstić information content (AvgIpc) is 2.90. The number of aromatic nitrogens is 3. The smallest absolute Gasteiger partial charge is 0.192 e. The lowest BCUT2D eigenvalue weighted by molar-refractivity contribution is 0.670. The molecule has 6 nitrogen and oxygen atoms in total. The standard InChI is InChI=1S/C16H24N6.HI/c1-5-17-16(18-10-15-19-11-20-22(15)4)21-13(3)14-9-7-6-8-12(14)2;/h6-9,11,13H,5,10H2,1-4H3,(H2,17,18,21);1H. The highest BCUT2D eigenvalue weighted by Gasteiger charge is 2.10. The molecular weight excluding hydrogens is 403 g/mol. The number of hydrogen-bond acceptors (Lipinski definition) is 3. The summed E-state index contributed by atoms with van der Waals surface area (Å²) in [5.41, 5.74) is 2.54. The number of halogens is 1. The van der Waals surface area contributed by atoms with E-state index in [2.05, 4.69) is 70.7 Å². The van der Waals surface area contributed by atoms with Crippen LogP contribution in [0.4, 0.5) is 0 Å². The zero-order valence-electron chi connectivity index (χ0n) is 14.1. The fraction of sp³-hybridized carbons (Fsp3) is 0.438. The lowest BCUT2D eigenvalue weighted by Gasteiger charge is -2.19. The monoisotopic (exact) mass is 428 g/mol. The summed E-state index contributed by atoms with van der Waals surface area (Å²) in [6.45, 7) is 7.62. The molecule has 2 aromatic rings. The van der Waals surface area contributed by atoms with Crippen LogP contribution in [0.1, 0.15) is 36.8 Å². The molecule has 1 aromatic heterocycles. The van der Waals surface area contributed by atoms with Crippen LogP contribution in [0.2, 0.25) is 0 Å². The summed E-state index contributed by atoms with van der Waals surface area (Å²) in [5.74, 6) is 1.61. The highest BCUT2D eigenvalue weighted by Crippen LogP contribution is 2.16. The summed E-state index contributed by atoms with van der Waals surface area (Å²) in [5, 5.41) is 10.8. The van der Waals surface area contributed by atoms with Gasteiger partial charge in [0.1, 0.15) is 18.7 Å². The zero-order chi connectivity index (χ0) is 15.9. The van der Waals surface area contributed by atoms with Crippen molar-refractivity contribution < 1.29 is 0 Å². The molecule has 0 bridgehead atoms. The molecule has 1 atom stereocenters. The van der Waals surface area contributed by atoms with E-state index in [1.165, 1.54) is 11.1 Å². The molecule has 7 heteroatoms.